The molecule has 0 spiro atoms. The Morgan fingerprint density at radius 1 is 0.857 bits per heavy atom. The van der Waals surface area contributed by atoms with E-state index in [1.54, 1.807) is 0 Å². The number of pyridine rings is 1. The van der Waals surface area contributed by atoms with Gasteiger partial charge in [-0.3, -0.25) is 4.98 Å². The normalized spacial score (nSPS) is 10.0. The van der Waals surface area contributed by atoms with Crippen molar-refractivity contribution in [2.24, 2.45) is 0 Å². The van der Waals surface area contributed by atoms with Gasteiger partial charge < -0.3 is 0 Å². The van der Waals surface area contributed by atoms with Crippen LogP contribution in [0.1, 0.15) is 5.56 Å². The molecule has 2 heteroatoms. The van der Waals surface area contributed by atoms with Crippen molar-refractivity contribution in [3.05, 3.63) is 78.6 Å². The van der Waals surface area contributed by atoms with Gasteiger partial charge in [0.15, 0.2) is 0 Å². The van der Waals surface area contributed by atoms with Crippen LogP contribution < -0.4 is 0 Å². The maximum absolute atomic E-state index is 8.85. The van der Waals surface area contributed by atoms with E-state index in [1.807, 2.05) is 48.8 Å². The minimum absolute atomic E-state index is 0.425. The molecule has 0 saturated heterocycles. The lowest BCUT2D eigenvalue weighted by molar-refractivity contribution is 1.26. The fraction of sp³-hybridized carbons (Fsp3) is 0.0526. The summed E-state index contributed by atoms with van der Waals surface area (Å²) < 4.78 is 0. The van der Waals surface area contributed by atoms with Crippen molar-refractivity contribution in [2.45, 2.75) is 6.42 Å². The van der Waals surface area contributed by atoms with Crippen LogP contribution in [-0.2, 0) is 6.42 Å². The highest BCUT2D eigenvalue weighted by Gasteiger charge is 2.07. The molecule has 0 aliphatic carbocycles. The standard InChI is InChI=1S/C19H14N2/c20-11-9-15-5-4-8-17(13-15)19-14-21-12-10-18(19)16-6-2-1-3-7-16/h1-8,10,12-14H,9H2. The molecule has 0 amide bonds. The highest BCUT2D eigenvalue weighted by atomic mass is 14.6. The molecule has 2 nitrogen and oxygen atoms in total. The zero-order chi connectivity index (χ0) is 14.5. The second-order valence-corrected chi connectivity index (χ2v) is 4.82. The lowest BCUT2D eigenvalue weighted by atomic mass is 9.95. The molecule has 3 aromatic rings. The molecule has 0 bridgehead atoms. The molecule has 0 saturated carbocycles. The Morgan fingerprint density at radius 3 is 2.48 bits per heavy atom. The van der Waals surface area contributed by atoms with Crippen LogP contribution in [0.5, 0.6) is 0 Å². The van der Waals surface area contributed by atoms with Crippen molar-refractivity contribution in [1.29, 1.82) is 5.26 Å². The van der Waals surface area contributed by atoms with Gasteiger partial charge in [0, 0.05) is 18.0 Å². The van der Waals surface area contributed by atoms with Gasteiger partial charge >= 0.3 is 0 Å². The third-order valence-electron chi connectivity index (χ3n) is 3.43. The molecule has 3 rings (SSSR count). The SMILES string of the molecule is N#CCc1cccc(-c2cnccc2-c2ccccc2)c1. The number of nitriles is 1. The quantitative estimate of drug-likeness (QED) is 0.703. The molecule has 0 radical (unpaired) electrons. The molecule has 0 atom stereocenters. The zero-order valence-electron chi connectivity index (χ0n) is 11.5. The molecule has 2 aromatic carbocycles. The van der Waals surface area contributed by atoms with Crippen LogP contribution >= 0.6 is 0 Å². The zero-order valence-corrected chi connectivity index (χ0v) is 11.5. The molecule has 0 N–H and O–H groups in total. The summed E-state index contributed by atoms with van der Waals surface area (Å²) in [4.78, 5) is 4.26. The Kier molecular flexibility index (Phi) is 3.75. The summed E-state index contributed by atoms with van der Waals surface area (Å²) in [5.41, 5.74) is 5.52. The first-order valence-electron chi connectivity index (χ1n) is 6.84. The summed E-state index contributed by atoms with van der Waals surface area (Å²) in [6, 6.07) is 22.6. The fourth-order valence-corrected chi connectivity index (χ4v) is 2.43. The van der Waals surface area contributed by atoms with Gasteiger partial charge in [0.25, 0.3) is 0 Å². The second-order valence-electron chi connectivity index (χ2n) is 4.82. The summed E-state index contributed by atoms with van der Waals surface area (Å²) in [5.74, 6) is 0. The molecule has 0 unspecified atom stereocenters. The van der Waals surface area contributed by atoms with Gasteiger partial charge in [0.2, 0.25) is 0 Å². The van der Waals surface area contributed by atoms with Gasteiger partial charge in [0.05, 0.1) is 12.5 Å². The topological polar surface area (TPSA) is 36.7 Å². The number of benzene rings is 2. The van der Waals surface area contributed by atoms with E-state index in [2.05, 4.69) is 35.3 Å². The highest BCUT2D eigenvalue weighted by molar-refractivity contribution is 5.82. The first-order valence-corrected chi connectivity index (χ1v) is 6.84. The minimum atomic E-state index is 0.425. The predicted octanol–water partition coefficient (Wildman–Crippen LogP) is 4.48. The van der Waals surface area contributed by atoms with E-state index in [0.29, 0.717) is 6.42 Å². The third-order valence-corrected chi connectivity index (χ3v) is 3.43. The maximum Gasteiger partial charge on any atom is 0.0669 e. The third kappa shape index (κ3) is 2.82. The summed E-state index contributed by atoms with van der Waals surface area (Å²) in [7, 11) is 0. The smallest absolute Gasteiger partial charge is 0.0669 e. The number of aromatic nitrogens is 1. The van der Waals surface area contributed by atoms with Crippen LogP contribution in [0.2, 0.25) is 0 Å². The van der Waals surface area contributed by atoms with Crippen molar-refractivity contribution in [1.82, 2.24) is 4.98 Å². The van der Waals surface area contributed by atoms with E-state index in [9.17, 15) is 0 Å². The van der Waals surface area contributed by atoms with Crippen molar-refractivity contribution < 1.29 is 0 Å². The summed E-state index contributed by atoms with van der Waals surface area (Å²) in [6.45, 7) is 0. The van der Waals surface area contributed by atoms with Crippen molar-refractivity contribution >= 4 is 0 Å². The van der Waals surface area contributed by atoms with Crippen molar-refractivity contribution in [3.63, 3.8) is 0 Å². The maximum atomic E-state index is 8.85. The van der Waals surface area contributed by atoms with Crippen LogP contribution in [0.3, 0.4) is 0 Å². The van der Waals surface area contributed by atoms with Crippen LogP contribution in [0.4, 0.5) is 0 Å². The lowest BCUT2D eigenvalue weighted by Gasteiger charge is -2.10. The molecule has 0 aliphatic rings. The van der Waals surface area contributed by atoms with E-state index < -0.39 is 0 Å². The van der Waals surface area contributed by atoms with E-state index in [0.717, 1.165) is 22.3 Å². The van der Waals surface area contributed by atoms with Gasteiger partial charge in [-0.05, 0) is 28.3 Å². The molecule has 1 aromatic heterocycles. The predicted molar refractivity (Wildman–Crippen MR) is 84.4 cm³/mol. The minimum Gasteiger partial charge on any atom is -0.264 e. The van der Waals surface area contributed by atoms with Crippen LogP contribution in [0, 0.1) is 11.3 Å². The molecule has 21 heavy (non-hydrogen) atoms. The fourth-order valence-electron chi connectivity index (χ4n) is 2.43. The molecule has 0 fully saturated rings. The first-order chi connectivity index (χ1) is 10.4. The molecule has 1 heterocycles. The van der Waals surface area contributed by atoms with Gasteiger partial charge in [-0.25, -0.2) is 0 Å². The van der Waals surface area contributed by atoms with Crippen molar-refractivity contribution in [2.75, 3.05) is 0 Å². The molecule has 0 aliphatic heterocycles. The largest absolute Gasteiger partial charge is 0.264 e. The van der Waals surface area contributed by atoms with Gasteiger partial charge in [-0.15, -0.1) is 0 Å². The monoisotopic (exact) mass is 270 g/mol. The summed E-state index contributed by atoms with van der Waals surface area (Å²) in [5, 5.41) is 8.85. The van der Waals surface area contributed by atoms with E-state index in [1.165, 1.54) is 5.56 Å². The molecule has 100 valence electrons. The Balaban J connectivity index is 2.12. The summed E-state index contributed by atoms with van der Waals surface area (Å²) >= 11 is 0. The van der Waals surface area contributed by atoms with Crippen LogP contribution in [0.25, 0.3) is 22.3 Å². The van der Waals surface area contributed by atoms with E-state index in [-0.39, 0.29) is 0 Å². The summed E-state index contributed by atoms with van der Waals surface area (Å²) in [6.07, 6.45) is 4.12. The number of hydrogen-bond acceptors (Lipinski definition) is 2. The Labute approximate surface area is 124 Å². The van der Waals surface area contributed by atoms with E-state index >= 15 is 0 Å². The van der Waals surface area contributed by atoms with Crippen LogP contribution in [-0.4, -0.2) is 4.98 Å². The Hall–Kier alpha value is -2.92. The lowest BCUT2D eigenvalue weighted by Crippen LogP contribution is -1.88. The average Bonchev–Trinajstić information content (AvgIpc) is 2.56. The molecular formula is C19H14N2. The van der Waals surface area contributed by atoms with Crippen LogP contribution in [0.15, 0.2) is 73.1 Å². The second kappa shape index (κ2) is 6.02. The van der Waals surface area contributed by atoms with E-state index in [4.69, 9.17) is 5.26 Å². The number of nitrogens with zero attached hydrogens (tertiary/aromatic N) is 2. The first kappa shape index (κ1) is 13.1. The highest BCUT2D eigenvalue weighted by Crippen LogP contribution is 2.31. The Bertz CT molecular complexity index is 786. The number of rotatable bonds is 3. The molecular weight excluding hydrogens is 256 g/mol. The van der Waals surface area contributed by atoms with Gasteiger partial charge in [-0.1, -0.05) is 54.6 Å². The van der Waals surface area contributed by atoms with Gasteiger partial charge in [0.1, 0.15) is 0 Å². The van der Waals surface area contributed by atoms with Crippen molar-refractivity contribution in [3.8, 4) is 28.3 Å². The average molecular weight is 270 g/mol. The Morgan fingerprint density at radius 2 is 1.67 bits per heavy atom. The number of hydrogen-bond donors (Lipinski definition) is 0. The van der Waals surface area contributed by atoms with Gasteiger partial charge in [-0.2, -0.15) is 5.26 Å².